The van der Waals surface area contributed by atoms with Crippen molar-refractivity contribution in [3.8, 4) is 0 Å². The second-order valence-electron chi connectivity index (χ2n) is 23.1. The summed E-state index contributed by atoms with van der Waals surface area (Å²) < 4.78 is 24.8. The third-order valence-corrected chi connectivity index (χ3v) is 14.4. The summed E-state index contributed by atoms with van der Waals surface area (Å²) in [5.74, 6) is -2.33. The number of ketones is 3. The smallest absolute Gasteiger partial charge is 0.444 e. The van der Waals surface area contributed by atoms with Gasteiger partial charge < -0.3 is 34.7 Å². The van der Waals surface area contributed by atoms with Gasteiger partial charge in [-0.05, 0) is 111 Å². The van der Waals surface area contributed by atoms with Crippen LogP contribution in [-0.2, 0) is 42.8 Å². The molecule has 3 amide bonds. The first kappa shape index (κ1) is 57.5. The van der Waals surface area contributed by atoms with E-state index in [0.717, 1.165) is 57.8 Å². The SMILES string of the molecule is CCCCCCCCCC(=O)C[C@@H](CCNC(=O)OC(C)(C)C)C(=O)N[C@H](C(=O)C[C@@H](C)C(=O)N[C@@H](CCCCC)C(=O)C[C@@H](C)B1O[C@@H]2C[C@@H]3C[C@@H](C3(C)C)[C@]2(C)O1)[C@@H](C)OC(C)(C)C. The molecule has 0 unspecified atom stereocenters. The third kappa shape index (κ3) is 17.6. The normalized spacial score (nSPS) is 23.8. The van der Waals surface area contributed by atoms with Gasteiger partial charge in [-0.1, -0.05) is 99.3 Å². The van der Waals surface area contributed by atoms with E-state index < -0.39 is 72.0 Å². The van der Waals surface area contributed by atoms with Crippen LogP contribution in [-0.4, -0.2) is 90.0 Å². The standard InChI is InChI=1S/C52H92BN3O10/c1-15-17-19-20-21-22-24-25-39(57)31-37(27-28-54-48(62)64-50(9,10)11)47(61)56-45(36(5)63-49(6,7)8)42(59)29-34(3)46(60)55-40(26-23-18-16-2)41(58)30-35(4)53-65-44-33-38-32-43(51(38,12)13)52(44,14)66-53/h34-38,40,43-45H,15-33H2,1-14H3,(H,54,62)(H,55,60)(H,56,61)/t34-,35-,36-,37-,38+,40+,43+,44-,45+,52+/m1/s1. The van der Waals surface area contributed by atoms with Gasteiger partial charge in [-0.15, -0.1) is 0 Å². The van der Waals surface area contributed by atoms with Crippen molar-refractivity contribution in [3.63, 3.8) is 0 Å². The van der Waals surface area contributed by atoms with Crippen LogP contribution in [0.3, 0.4) is 0 Å². The van der Waals surface area contributed by atoms with Crippen molar-refractivity contribution in [2.24, 2.45) is 29.1 Å². The summed E-state index contributed by atoms with van der Waals surface area (Å²) in [6.45, 7) is 27.3. The number of Topliss-reactive ketones (excluding diaryl/α,β-unsaturated/α-hetero) is 3. The molecule has 10 atom stereocenters. The van der Waals surface area contributed by atoms with Gasteiger partial charge in [-0.3, -0.25) is 24.0 Å². The molecule has 0 aromatic rings. The predicted molar refractivity (Wildman–Crippen MR) is 261 cm³/mol. The monoisotopic (exact) mass is 930 g/mol. The summed E-state index contributed by atoms with van der Waals surface area (Å²) in [7, 11) is -0.504. The number of hydrogen-bond donors (Lipinski definition) is 3. The van der Waals surface area contributed by atoms with E-state index >= 15 is 0 Å². The van der Waals surface area contributed by atoms with Crippen molar-refractivity contribution in [1.82, 2.24) is 16.0 Å². The zero-order chi connectivity index (χ0) is 49.6. The number of amides is 3. The molecular weight excluding hydrogens is 837 g/mol. The Morgan fingerprint density at radius 1 is 0.727 bits per heavy atom. The maximum atomic E-state index is 14.3. The number of ether oxygens (including phenoxy) is 2. The fraction of sp³-hybridized carbons (Fsp3) is 0.885. The molecule has 13 nitrogen and oxygen atoms in total. The Bertz CT molecular complexity index is 1610. The number of hydrogen-bond acceptors (Lipinski definition) is 10. The highest BCUT2D eigenvalue weighted by atomic mass is 16.7. The molecule has 3 saturated carbocycles. The molecule has 3 N–H and O–H groups in total. The van der Waals surface area contributed by atoms with Gasteiger partial charge in [-0.25, -0.2) is 4.79 Å². The van der Waals surface area contributed by atoms with Crippen molar-refractivity contribution >= 4 is 42.4 Å². The van der Waals surface area contributed by atoms with Crippen LogP contribution in [0.5, 0.6) is 0 Å². The van der Waals surface area contributed by atoms with Crippen LogP contribution in [0.4, 0.5) is 4.79 Å². The Morgan fingerprint density at radius 3 is 1.95 bits per heavy atom. The van der Waals surface area contributed by atoms with Gasteiger partial charge in [0.2, 0.25) is 11.8 Å². The van der Waals surface area contributed by atoms with Gasteiger partial charge in [0.05, 0.1) is 29.5 Å². The van der Waals surface area contributed by atoms with Gasteiger partial charge in [-0.2, -0.15) is 0 Å². The van der Waals surface area contributed by atoms with Gasteiger partial charge >= 0.3 is 13.2 Å². The molecule has 66 heavy (non-hydrogen) atoms. The molecule has 4 aliphatic rings. The van der Waals surface area contributed by atoms with Crippen LogP contribution in [0.15, 0.2) is 0 Å². The van der Waals surface area contributed by atoms with Crippen LogP contribution >= 0.6 is 0 Å². The first-order chi connectivity index (χ1) is 30.7. The third-order valence-electron chi connectivity index (χ3n) is 14.4. The highest BCUT2D eigenvalue weighted by Crippen LogP contribution is 2.66. The van der Waals surface area contributed by atoms with Crippen LogP contribution in [0.25, 0.3) is 0 Å². The minimum atomic E-state index is -1.14. The topological polar surface area (TPSA) is 175 Å². The van der Waals surface area contributed by atoms with Crippen molar-refractivity contribution in [3.05, 3.63) is 0 Å². The minimum Gasteiger partial charge on any atom is -0.444 e. The van der Waals surface area contributed by atoms with Crippen molar-refractivity contribution in [2.75, 3.05) is 6.54 Å². The molecule has 378 valence electrons. The van der Waals surface area contributed by atoms with Crippen molar-refractivity contribution in [1.29, 1.82) is 0 Å². The maximum Gasteiger partial charge on any atom is 0.461 e. The van der Waals surface area contributed by atoms with Crippen molar-refractivity contribution < 1.29 is 47.5 Å². The summed E-state index contributed by atoms with van der Waals surface area (Å²) in [5, 5.41) is 8.62. The molecule has 3 aliphatic carbocycles. The molecule has 1 heterocycles. The lowest BCUT2D eigenvalue weighted by atomic mass is 9.43. The fourth-order valence-corrected chi connectivity index (χ4v) is 10.4. The quantitative estimate of drug-likeness (QED) is 0.0464. The summed E-state index contributed by atoms with van der Waals surface area (Å²) in [6.07, 6.45) is 11.6. The number of alkyl carbamates (subject to hydrolysis) is 1. The first-order valence-corrected chi connectivity index (χ1v) is 25.9. The number of nitrogens with one attached hydrogen (secondary N) is 3. The Labute approximate surface area is 399 Å². The Morgan fingerprint density at radius 2 is 1.35 bits per heavy atom. The zero-order valence-corrected chi connectivity index (χ0v) is 43.8. The van der Waals surface area contributed by atoms with E-state index in [9.17, 15) is 28.8 Å². The summed E-state index contributed by atoms with van der Waals surface area (Å²) in [4.78, 5) is 82.2. The lowest BCUT2D eigenvalue weighted by Gasteiger charge is -2.64. The molecule has 0 aromatic carbocycles. The second kappa shape index (κ2) is 25.7. The highest BCUT2D eigenvalue weighted by molar-refractivity contribution is 6.47. The lowest BCUT2D eigenvalue weighted by molar-refractivity contribution is -0.199. The molecule has 0 aromatic heterocycles. The van der Waals surface area contributed by atoms with Crippen molar-refractivity contribution in [2.45, 2.75) is 259 Å². The van der Waals surface area contributed by atoms with Crippen LogP contribution in [0, 0.1) is 29.1 Å². The molecule has 1 saturated heterocycles. The number of unbranched alkanes of at least 4 members (excludes halogenated alkanes) is 8. The van der Waals surface area contributed by atoms with E-state index in [4.69, 9.17) is 18.8 Å². The first-order valence-electron chi connectivity index (χ1n) is 25.9. The van der Waals surface area contributed by atoms with Gasteiger partial charge in [0.1, 0.15) is 17.4 Å². The Hall–Kier alpha value is -2.84. The van der Waals surface area contributed by atoms with E-state index in [0.29, 0.717) is 24.7 Å². The zero-order valence-electron chi connectivity index (χ0n) is 43.8. The van der Waals surface area contributed by atoms with Gasteiger partial charge in [0.15, 0.2) is 11.6 Å². The summed E-state index contributed by atoms with van der Waals surface area (Å²) >= 11 is 0. The van der Waals surface area contributed by atoms with E-state index in [1.807, 2.05) is 27.7 Å². The number of carbonyl (C=O) groups excluding carboxylic acids is 6. The average Bonchev–Trinajstić information content (AvgIpc) is 3.57. The predicted octanol–water partition coefficient (Wildman–Crippen LogP) is 10.0. The summed E-state index contributed by atoms with van der Waals surface area (Å²) in [5.41, 5.74) is -1.55. The Kier molecular flexibility index (Phi) is 22.4. The molecule has 1 aliphatic heterocycles. The molecular formula is C52H92BN3O10. The number of rotatable bonds is 30. The summed E-state index contributed by atoms with van der Waals surface area (Å²) in [6, 6.07) is -1.87. The van der Waals surface area contributed by atoms with E-state index in [1.54, 1.807) is 34.6 Å². The maximum absolute atomic E-state index is 14.3. The van der Waals surface area contributed by atoms with Crippen LogP contribution < -0.4 is 16.0 Å². The minimum absolute atomic E-state index is 0.00894. The average molecular weight is 930 g/mol. The fourth-order valence-electron chi connectivity index (χ4n) is 10.4. The Balaban J connectivity index is 1.71. The van der Waals surface area contributed by atoms with Gasteiger partial charge in [0.25, 0.3) is 0 Å². The molecule has 4 fully saturated rings. The second-order valence-corrected chi connectivity index (χ2v) is 23.1. The molecule has 14 heteroatoms. The van der Waals surface area contributed by atoms with E-state index in [-0.39, 0.29) is 66.7 Å². The van der Waals surface area contributed by atoms with Crippen LogP contribution in [0.1, 0.15) is 213 Å². The molecule has 4 rings (SSSR count). The van der Waals surface area contributed by atoms with Gasteiger partial charge in [0, 0.05) is 44.1 Å². The largest absolute Gasteiger partial charge is 0.461 e. The molecule has 0 radical (unpaired) electrons. The van der Waals surface area contributed by atoms with E-state index in [2.05, 4.69) is 50.6 Å². The molecule has 0 spiro atoms. The molecule has 2 bridgehead atoms. The highest BCUT2D eigenvalue weighted by Gasteiger charge is 2.68. The number of carbonyl (C=O) groups is 6. The van der Waals surface area contributed by atoms with E-state index in [1.165, 1.54) is 19.3 Å². The lowest BCUT2D eigenvalue weighted by Crippen LogP contribution is -2.65. The van der Waals surface area contributed by atoms with Crippen LogP contribution in [0.2, 0.25) is 5.82 Å².